The first kappa shape index (κ1) is 21.0. The minimum atomic E-state index is -0.708. The summed E-state index contributed by atoms with van der Waals surface area (Å²) in [6.45, 7) is 5.42. The SMILES string of the molecule is Cc1cc(Nc2nccs2)nc(N2C[C@@H](C3CCCCC3)C[C@@H](C(C)C(=O)O)C2)n1. The predicted molar refractivity (Wildman–Crippen MR) is 119 cm³/mol. The summed E-state index contributed by atoms with van der Waals surface area (Å²) in [5.41, 5.74) is 0.890. The van der Waals surface area contributed by atoms with Crippen LogP contribution >= 0.6 is 11.3 Å². The van der Waals surface area contributed by atoms with Gasteiger partial charge in [0.2, 0.25) is 5.95 Å². The molecule has 1 saturated carbocycles. The minimum Gasteiger partial charge on any atom is -0.481 e. The van der Waals surface area contributed by atoms with Gasteiger partial charge in [-0.05, 0) is 31.1 Å². The Balaban J connectivity index is 1.58. The molecule has 0 aromatic carbocycles. The lowest BCUT2D eigenvalue weighted by atomic mass is 9.72. The fourth-order valence-corrected chi connectivity index (χ4v) is 5.54. The number of hydrogen-bond donors (Lipinski definition) is 2. The van der Waals surface area contributed by atoms with Gasteiger partial charge < -0.3 is 15.3 Å². The average Bonchev–Trinajstić information content (AvgIpc) is 3.26. The van der Waals surface area contributed by atoms with E-state index in [1.807, 2.05) is 25.3 Å². The van der Waals surface area contributed by atoms with E-state index in [0.717, 1.165) is 29.6 Å². The van der Waals surface area contributed by atoms with E-state index in [2.05, 4.69) is 15.2 Å². The highest BCUT2D eigenvalue weighted by atomic mass is 32.1. The molecule has 2 aliphatic rings. The molecule has 1 aliphatic carbocycles. The van der Waals surface area contributed by atoms with Gasteiger partial charge in [-0.1, -0.05) is 39.0 Å². The molecular formula is C22H31N5O2S. The highest BCUT2D eigenvalue weighted by Crippen LogP contribution is 2.39. The van der Waals surface area contributed by atoms with Crippen LogP contribution in [0.2, 0.25) is 0 Å². The van der Waals surface area contributed by atoms with E-state index in [0.29, 0.717) is 24.3 Å². The standard InChI is InChI=1S/C22H31N5O2S/c1-14-10-19(26-22-23-8-9-30-22)25-21(24-14)27-12-17(15(2)20(28)29)11-18(13-27)16-6-4-3-5-7-16/h8-10,15-18H,3-7,11-13H2,1-2H3,(H,28,29)(H,23,24,25,26)/t15?,17-,18+/m1/s1. The van der Waals surface area contributed by atoms with Crippen molar-refractivity contribution in [3.8, 4) is 0 Å². The molecule has 7 nitrogen and oxygen atoms in total. The molecule has 2 aromatic heterocycles. The fourth-order valence-electron chi connectivity index (χ4n) is 5.01. The van der Waals surface area contributed by atoms with E-state index in [-0.39, 0.29) is 11.8 Å². The number of anilines is 3. The van der Waals surface area contributed by atoms with Gasteiger partial charge in [-0.15, -0.1) is 11.3 Å². The molecule has 1 aliphatic heterocycles. The smallest absolute Gasteiger partial charge is 0.306 e. The van der Waals surface area contributed by atoms with Crippen molar-refractivity contribution in [3.63, 3.8) is 0 Å². The highest BCUT2D eigenvalue weighted by Gasteiger charge is 2.37. The normalized spacial score (nSPS) is 23.9. The lowest BCUT2D eigenvalue weighted by Crippen LogP contribution is -2.47. The molecule has 3 atom stereocenters. The molecular weight excluding hydrogens is 398 g/mol. The van der Waals surface area contributed by atoms with Crippen LogP contribution in [0.5, 0.6) is 0 Å². The maximum Gasteiger partial charge on any atom is 0.306 e. The van der Waals surface area contributed by atoms with Crippen molar-refractivity contribution >= 4 is 34.2 Å². The summed E-state index contributed by atoms with van der Waals surface area (Å²) >= 11 is 1.53. The highest BCUT2D eigenvalue weighted by molar-refractivity contribution is 7.13. The van der Waals surface area contributed by atoms with E-state index in [9.17, 15) is 9.90 Å². The second-order valence-electron chi connectivity index (χ2n) is 8.84. The van der Waals surface area contributed by atoms with Crippen LogP contribution in [0, 0.1) is 30.6 Å². The predicted octanol–water partition coefficient (Wildman–Crippen LogP) is 4.73. The van der Waals surface area contributed by atoms with E-state index < -0.39 is 5.97 Å². The van der Waals surface area contributed by atoms with Crippen LogP contribution in [0.25, 0.3) is 0 Å². The Hall–Kier alpha value is -2.22. The van der Waals surface area contributed by atoms with Gasteiger partial charge in [0.05, 0.1) is 5.92 Å². The van der Waals surface area contributed by atoms with Crippen LogP contribution in [0.1, 0.15) is 51.1 Å². The first-order valence-electron chi connectivity index (χ1n) is 11.0. The van der Waals surface area contributed by atoms with E-state index in [4.69, 9.17) is 9.97 Å². The molecule has 2 fully saturated rings. The molecule has 4 rings (SSSR count). The number of aliphatic carboxylic acids is 1. The first-order valence-corrected chi connectivity index (χ1v) is 11.9. The van der Waals surface area contributed by atoms with E-state index in [1.54, 1.807) is 6.20 Å². The number of piperidine rings is 1. The van der Waals surface area contributed by atoms with Crippen molar-refractivity contribution in [2.75, 3.05) is 23.3 Å². The zero-order chi connectivity index (χ0) is 21.1. The Labute approximate surface area is 182 Å². The summed E-state index contributed by atoms with van der Waals surface area (Å²) < 4.78 is 0. The summed E-state index contributed by atoms with van der Waals surface area (Å²) in [4.78, 5) is 27.7. The monoisotopic (exact) mass is 429 g/mol. The van der Waals surface area contributed by atoms with Crippen molar-refractivity contribution in [1.29, 1.82) is 0 Å². The average molecular weight is 430 g/mol. The summed E-state index contributed by atoms with van der Waals surface area (Å²) in [5.74, 6) is 1.65. The van der Waals surface area contributed by atoms with Crippen LogP contribution in [-0.4, -0.2) is 39.1 Å². The Morgan fingerprint density at radius 2 is 2.03 bits per heavy atom. The van der Waals surface area contributed by atoms with Crippen molar-refractivity contribution in [3.05, 3.63) is 23.3 Å². The van der Waals surface area contributed by atoms with Crippen molar-refractivity contribution in [2.24, 2.45) is 23.7 Å². The molecule has 30 heavy (non-hydrogen) atoms. The fraction of sp³-hybridized carbons (Fsp3) is 0.636. The number of nitrogens with zero attached hydrogens (tertiary/aromatic N) is 4. The lowest BCUT2D eigenvalue weighted by Gasteiger charge is -2.43. The Kier molecular flexibility index (Phi) is 6.51. The maximum atomic E-state index is 11.7. The molecule has 0 bridgehead atoms. The molecule has 0 spiro atoms. The number of carbonyl (C=O) groups is 1. The molecule has 1 unspecified atom stereocenters. The molecule has 2 aromatic rings. The quantitative estimate of drug-likeness (QED) is 0.686. The number of carboxylic acids is 1. The number of aromatic nitrogens is 3. The van der Waals surface area contributed by atoms with Crippen molar-refractivity contribution < 1.29 is 9.90 Å². The molecule has 0 radical (unpaired) electrons. The summed E-state index contributed by atoms with van der Waals surface area (Å²) in [7, 11) is 0. The van der Waals surface area contributed by atoms with Crippen molar-refractivity contribution in [2.45, 2.75) is 52.4 Å². The van der Waals surface area contributed by atoms with Crippen LogP contribution < -0.4 is 10.2 Å². The van der Waals surface area contributed by atoms with Gasteiger partial charge in [0.1, 0.15) is 5.82 Å². The second-order valence-corrected chi connectivity index (χ2v) is 9.74. The van der Waals surface area contributed by atoms with Gasteiger partial charge in [0.15, 0.2) is 5.13 Å². The third kappa shape index (κ3) is 4.91. The van der Waals surface area contributed by atoms with E-state index in [1.165, 1.54) is 43.4 Å². The molecule has 162 valence electrons. The zero-order valence-corrected chi connectivity index (χ0v) is 18.6. The third-order valence-electron chi connectivity index (χ3n) is 6.72. The van der Waals surface area contributed by atoms with Gasteiger partial charge in [-0.2, -0.15) is 4.98 Å². The Morgan fingerprint density at radius 1 is 1.23 bits per heavy atom. The number of carboxylic acid groups (broad SMARTS) is 1. The van der Waals surface area contributed by atoms with Gasteiger partial charge in [-0.25, -0.2) is 9.97 Å². The lowest BCUT2D eigenvalue weighted by molar-refractivity contribution is -0.143. The topological polar surface area (TPSA) is 91.2 Å². The number of nitrogens with one attached hydrogen (secondary N) is 1. The number of hydrogen-bond acceptors (Lipinski definition) is 7. The van der Waals surface area contributed by atoms with Crippen LogP contribution in [0.3, 0.4) is 0 Å². The summed E-state index contributed by atoms with van der Waals surface area (Å²) in [6, 6.07) is 1.92. The van der Waals surface area contributed by atoms with Gasteiger partial charge in [0.25, 0.3) is 0 Å². The molecule has 2 N–H and O–H groups in total. The van der Waals surface area contributed by atoms with Gasteiger partial charge in [-0.3, -0.25) is 4.79 Å². The van der Waals surface area contributed by atoms with Crippen LogP contribution in [0.15, 0.2) is 17.6 Å². The first-order chi connectivity index (χ1) is 14.5. The Bertz CT molecular complexity index is 853. The number of aryl methyl sites for hydroxylation is 1. The van der Waals surface area contributed by atoms with Gasteiger partial charge >= 0.3 is 5.97 Å². The third-order valence-corrected chi connectivity index (χ3v) is 7.41. The van der Waals surface area contributed by atoms with Gasteiger partial charge in [0, 0.05) is 36.4 Å². The summed E-state index contributed by atoms with van der Waals surface area (Å²) in [6.07, 6.45) is 9.20. The molecule has 3 heterocycles. The van der Waals surface area contributed by atoms with Crippen LogP contribution in [0.4, 0.5) is 16.9 Å². The van der Waals surface area contributed by atoms with E-state index >= 15 is 0 Å². The number of rotatable bonds is 6. The maximum absolute atomic E-state index is 11.7. The summed E-state index contributed by atoms with van der Waals surface area (Å²) in [5, 5.41) is 15.6. The zero-order valence-electron chi connectivity index (χ0n) is 17.8. The Morgan fingerprint density at radius 3 is 2.73 bits per heavy atom. The molecule has 0 amide bonds. The molecule has 8 heteroatoms. The molecule has 1 saturated heterocycles. The number of thiazole rings is 1. The van der Waals surface area contributed by atoms with Crippen LogP contribution in [-0.2, 0) is 4.79 Å². The largest absolute Gasteiger partial charge is 0.481 e. The minimum absolute atomic E-state index is 0.114. The van der Waals surface area contributed by atoms with Crippen molar-refractivity contribution in [1.82, 2.24) is 15.0 Å². The second kappa shape index (κ2) is 9.29.